The Bertz CT molecular complexity index is 1230. The Morgan fingerprint density at radius 2 is 1.77 bits per heavy atom. The molecular formula is C27H32N6O2. The summed E-state index contributed by atoms with van der Waals surface area (Å²) in [7, 11) is 0. The lowest BCUT2D eigenvalue weighted by Crippen LogP contribution is -2.41. The number of benzene rings is 2. The highest BCUT2D eigenvalue weighted by Gasteiger charge is 2.23. The second kappa shape index (κ2) is 10.9. The third-order valence-electron chi connectivity index (χ3n) is 5.47. The van der Waals surface area contributed by atoms with Crippen LogP contribution in [0.2, 0.25) is 0 Å². The molecule has 0 bridgehead atoms. The van der Waals surface area contributed by atoms with Gasteiger partial charge in [0.1, 0.15) is 12.4 Å². The van der Waals surface area contributed by atoms with E-state index < -0.39 is 0 Å². The van der Waals surface area contributed by atoms with Gasteiger partial charge in [0.05, 0.1) is 23.0 Å². The molecule has 0 spiro atoms. The number of urea groups is 1. The van der Waals surface area contributed by atoms with E-state index in [0.29, 0.717) is 30.0 Å². The molecule has 0 aliphatic rings. The van der Waals surface area contributed by atoms with Crippen LogP contribution in [0, 0.1) is 18.3 Å². The maximum absolute atomic E-state index is 13.1. The minimum Gasteiger partial charge on any atom is -0.315 e. The molecule has 3 aromatic rings. The molecule has 2 N–H and O–H groups in total. The Labute approximate surface area is 206 Å². The summed E-state index contributed by atoms with van der Waals surface area (Å²) >= 11 is 0. The Morgan fingerprint density at radius 3 is 2.37 bits per heavy atom. The summed E-state index contributed by atoms with van der Waals surface area (Å²) in [6, 6.07) is 18.0. The van der Waals surface area contributed by atoms with Crippen LogP contribution in [-0.4, -0.2) is 39.7 Å². The van der Waals surface area contributed by atoms with E-state index in [1.54, 1.807) is 28.9 Å². The fourth-order valence-corrected chi connectivity index (χ4v) is 3.53. The molecule has 0 saturated heterocycles. The topological polar surface area (TPSA) is 103 Å². The van der Waals surface area contributed by atoms with Gasteiger partial charge in [-0.05, 0) is 49.2 Å². The molecule has 35 heavy (non-hydrogen) atoms. The Balaban J connectivity index is 1.79. The van der Waals surface area contributed by atoms with Crippen molar-refractivity contribution >= 4 is 23.4 Å². The normalized spacial score (nSPS) is 11.0. The van der Waals surface area contributed by atoms with E-state index in [-0.39, 0.29) is 23.9 Å². The molecule has 0 aliphatic carbocycles. The summed E-state index contributed by atoms with van der Waals surface area (Å²) in [6.45, 7) is 10.5. The molecule has 182 valence electrons. The number of nitrogens with one attached hydrogen (secondary N) is 2. The van der Waals surface area contributed by atoms with E-state index in [0.717, 1.165) is 16.9 Å². The number of carbonyl (C=O) groups is 2. The van der Waals surface area contributed by atoms with Gasteiger partial charge in [-0.3, -0.25) is 4.79 Å². The first-order valence-corrected chi connectivity index (χ1v) is 11.6. The predicted octanol–water partition coefficient (Wildman–Crippen LogP) is 5.23. The molecule has 3 amide bonds. The zero-order chi connectivity index (χ0) is 25.6. The smallest absolute Gasteiger partial charge is 0.315 e. The quantitative estimate of drug-likeness (QED) is 0.491. The predicted molar refractivity (Wildman–Crippen MR) is 138 cm³/mol. The molecule has 0 saturated carbocycles. The summed E-state index contributed by atoms with van der Waals surface area (Å²) in [5.74, 6) is 0.238. The van der Waals surface area contributed by atoms with Gasteiger partial charge < -0.3 is 15.5 Å². The first-order valence-electron chi connectivity index (χ1n) is 11.6. The standard InChI is InChI=1S/C27H32N6O2/c1-6-15-32(26(35)29-21-13-11-20(17-28)12-14-21)18-25(34)30-24-16-23(27(3,4)5)31-33(24)22-10-8-7-9-19(22)2/h7-14,16H,6,15,18H2,1-5H3,(H,29,35)(H,30,34). The number of para-hydroxylation sites is 1. The third-order valence-corrected chi connectivity index (χ3v) is 5.47. The molecule has 0 radical (unpaired) electrons. The Morgan fingerprint density at radius 1 is 1.09 bits per heavy atom. The van der Waals surface area contributed by atoms with Crippen molar-refractivity contribution in [2.24, 2.45) is 0 Å². The molecule has 1 heterocycles. The van der Waals surface area contributed by atoms with Crippen molar-refractivity contribution in [3.63, 3.8) is 0 Å². The Kier molecular flexibility index (Phi) is 7.92. The number of carbonyl (C=O) groups excluding carboxylic acids is 2. The van der Waals surface area contributed by atoms with Gasteiger partial charge in [0.15, 0.2) is 0 Å². The van der Waals surface area contributed by atoms with E-state index in [1.165, 1.54) is 4.90 Å². The van der Waals surface area contributed by atoms with E-state index >= 15 is 0 Å². The van der Waals surface area contributed by atoms with E-state index in [1.807, 2.05) is 50.2 Å². The first-order chi connectivity index (χ1) is 16.6. The summed E-state index contributed by atoms with van der Waals surface area (Å²) in [4.78, 5) is 27.4. The highest BCUT2D eigenvalue weighted by atomic mass is 16.2. The van der Waals surface area contributed by atoms with Crippen molar-refractivity contribution in [3.05, 3.63) is 71.4 Å². The fraction of sp³-hybridized carbons (Fsp3) is 0.333. The van der Waals surface area contributed by atoms with Gasteiger partial charge in [0.25, 0.3) is 0 Å². The van der Waals surface area contributed by atoms with Crippen molar-refractivity contribution in [3.8, 4) is 11.8 Å². The van der Waals surface area contributed by atoms with E-state index in [2.05, 4.69) is 31.4 Å². The first kappa shape index (κ1) is 25.5. The van der Waals surface area contributed by atoms with Crippen LogP contribution in [-0.2, 0) is 10.2 Å². The lowest BCUT2D eigenvalue weighted by Gasteiger charge is -2.22. The lowest BCUT2D eigenvalue weighted by molar-refractivity contribution is -0.116. The lowest BCUT2D eigenvalue weighted by atomic mass is 9.92. The van der Waals surface area contributed by atoms with Crippen LogP contribution in [0.5, 0.6) is 0 Å². The van der Waals surface area contributed by atoms with Gasteiger partial charge in [0, 0.05) is 23.7 Å². The number of amides is 3. The molecule has 8 heteroatoms. The van der Waals surface area contributed by atoms with Gasteiger partial charge >= 0.3 is 6.03 Å². The number of hydrogen-bond donors (Lipinski definition) is 2. The zero-order valence-electron chi connectivity index (χ0n) is 20.9. The minimum absolute atomic E-state index is 0.111. The molecule has 0 fully saturated rings. The van der Waals surface area contributed by atoms with Crippen molar-refractivity contribution in [2.75, 3.05) is 23.7 Å². The summed E-state index contributed by atoms with van der Waals surface area (Å²) in [5.41, 5.74) is 3.61. The molecule has 0 atom stereocenters. The highest BCUT2D eigenvalue weighted by Crippen LogP contribution is 2.27. The van der Waals surface area contributed by atoms with Crippen molar-refractivity contribution in [1.29, 1.82) is 5.26 Å². The van der Waals surface area contributed by atoms with Gasteiger partial charge in [0.2, 0.25) is 5.91 Å². The number of rotatable bonds is 7. The average Bonchev–Trinajstić information content (AvgIpc) is 3.23. The Hall–Kier alpha value is -4.12. The second-order valence-corrected chi connectivity index (χ2v) is 9.45. The number of aromatic nitrogens is 2. The zero-order valence-corrected chi connectivity index (χ0v) is 20.9. The number of anilines is 2. The van der Waals surface area contributed by atoms with E-state index in [4.69, 9.17) is 10.4 Å². The van der Waals surface area contributed by atoms with Crippen molar-refractivity contribution in [1.82, 2.24) is 14.7 Å². The van der Waals surface area contributed by atoms with Crippen LogP contribution in [0.4, 0.5) is 16.3 Å². The van der Waals surface area contributed by atoms with Gasteiger partial charge in [-0.2, -0.15) is 10.4 Å². The summed E-state index contributed by atoms with van der Waals surface area (Å²) < 4.78 is 1.74. The number of aryl methyl sites for hydroxylation is 1. The van der Waals surface area contributed by atoms with Crippen molar-refractivity contribution in [2.45, 2.75) is 46.5 Å². The van der Waals surface area contributed by atoms with Crippen LogP contribution in [0.3, 0.4) is 0 Å². The van der Waals surface area contributed by atoms with Crippen LogP contribution >= 0.6 is 0 Å². The second-order valence-electron chi connectivity index (χ2n) is 9.45. The van der Waals surface area contributed by atoms with Crippen LogP contribution in [0.1, 0.15) is 50.9 Å². The van der Waals surface area contributed by atoms with Gasteiger partial charge in [-0.1, -0.05) is 45.9 Å². The summed E-state index contributed by atoms with van der Waals surface area (Å²) in [6.07, 6.45) is 0.698. The highest BCUT2D eigenvalue weighted by molar-refractivity contribution is 5.96. The molecule has 1 aromatic heterocycles. The molecule has 0 unspecified atom stereocenters. The molecule has 0 aliphatic heterocycles. The minimum atomic E-state index is -0.380. The molecule has 3 rings (SSSR count). The van der Waals surface area contributed by atoms with Crippen molar-refractivity contribution < 1.29 is 9.59 Å². The monoisotopic (exact) mass is 472 g/mol. The third kappa shape index (κ3) is 6.48. The number of nitriles is 1. The largest absolute Gasteiger partial charge is 0.322 e. The number of hydrogen-bond acceptors (Lipinski definition) is 4. The van der Waals surface area contributed by atoms with Crippen LogP contribution in [0.15, 0.2) is 54.6 Å². The molecule has 2 aromatic carbocycles. The molecule has 8 nitrogen and oxygen atoms in total. The summed E-state index contributed by atoms with van der Waals surface area (Å²) in [5, 5.41) is 19.5. The van der Waals surface area contributed by atoms with Gasteiger partial charge in [-0.25, -0.2) is 9.48 Å². The SMILES string of the molecule is CCCN(CC(=O)Nc1cc(C(C)(C)C)nn1-c1ccccc1C)C(=O)Nc1ccc(C#N)cc1. The molecular weight excluding hydrogens is 440 g/mol. The number of nitrogens with zero attached hydrogens (tertiary/aromatic N) is 4. The van der Waals surface area contributed by atoms with Gasteiger partial charge in [-0.15, -0.1) is 0 Å². The van der Waals surface area contributed by atoms with Crippen LogP contribution < -0.4 is 10.6 Å². The average molecular weight is 473 g/mol. The van der Waals surface area contributed by atoms with Crippen LogP contribution in [0.25, 0.3) is 5.69 Å². The fourth-order valence-electron chi connectivity index (χ4n) is 3.53. The maximum Gasteiger partial charge on any atom is 0.322 e. The van der Waals surface area contributed by atoms with E-state index in [9.17, 15) is 9.59 Å². The maximum atomic E-state index is 13.1.